The van der Waals surface area contributed by atoms with E-state index in [-0.39, 0.29) is 17.9 Å². The van der Waals surface area contributed by atoms with E-state index in [1.807, 2.05) is 6.20 Å². The lowest BCUT2D eigenvalue weighted by Crippen LogP contribution is -2.56. The predicted molar refractivity (Wildman–Crippen MR) is 83.5 cm³/mol. The SMILES string of the molecule is OC1CC2=C(C1)C1C(O)C(O)C3Cc4[nH]ncc4CC3C1CC2. The van der Waals surface area contributed by atoms with Crippen LogP contribution in [0, 0.1) is 23.7 Å². The van der Waals surface area contributed by atoms with Crippen LogP contribution in [0.25, 0.3) is 0 Å². The van der Waals surface area contributed by atoms with Gasteiger partial charge in [0.05, 0.1) is 24.5 Å². The van der Waals surface area contributed by atoms with Gasteiger partial charge < -0.3 is 15.3 Å². The number of aromatic amines is 1. The topological polar surface area (TPSA) is 89.4 Å². The molecule has 7 atom stereocenters. The molecular formula is C18H24N2O3. The van der Waals surface area contributed by atoms with Crippen LogP contribution in [-0.2, 0) is 12.8 Å². The molecule has 1 fully saturated rings. The maximum Gasteiger partial charge on any atom is 0.0870 e. The third-order valence-electron chi connectivity index (χ3n) is 6.99. The summed E-state index contributed by atoms with van der Waals surface area (Å²) in [6.45, 7) is 0. The number of fused-ring (bicyclic) bond motifs is 5. The lowest BCUT2D eigenvalue weighted by molar-refractivity contribution is -0.123. The van der Waals surface area contributed by atoms with Gasteiger partial charge in [0.2, 0.25) is 0 Å². The van der Waals surface area contributed by atoms with Crippen LogP contribution in [0.4, 0.5) is 0 Å². The number of rotatable bonds is 0. The Labute approximate surface area is 135 Å². The summed E-state index contributed by atoms with van der Waals surface area (Å²) in [4.78, 5) is 0. The zero-order chi connectivity index (χ0) is 15.7. The van der Waals surface area contributed by atoms with Crippen molar-refractivity contribution in [2.45, 2.75) is 56.8 Å². The molecule has 4 N–H and O–H groups in total. The third-order valence-corrected chi connectivity index (χ3v) is 6.99. The van der Waals surface area contributed by atoms with Crippen LogP contribution in [0.1, 0.15) is 36.9 Å². The van der Waals surface area contributed by atoms with E-state index in [4.69, 9.17) is 0 Å². The summed E-state index contributed by atoms with van der Waals surface area (Å²) in [5.41, 5.74) is 5.02. The van der Waals surface area contributed by atoms with E-state index in [2.05, 4.69) is 10.2 Å². The number of H-pyrrole nitrogens is 1. The van der Waals surface area contributed by atoms with E-state index in [1.165, 1.54) is 16.7 Å². The first-order valence-corrected chi connectivity index (χ1v) is 8.89. The molecule has 4 aliphatic rings. The van der Waals surface area contributed by atoms with Gasteiger partial charge in [0, 0.05) is 11.6 Å². The van der Waals surface area contributed by atoms with Crippen molar-refractivity contribution in [3.8, 4) is 0 Å². The highest BCUT2D eigenvalue weighted by Crippen LogP contribution is 2.54. The summed E-state index contributed by atoms with van der Waals surface area (Å²) in [6.07, 6.45) is 5.59. The molecule has 1 aromatic heterocycles. The lowest BCUT2D eigenvalue weighted by Gasteiger charge is -2.52. The number of hydrogen-bond acceptors (Lipinski definition) is 4. The van der Waals surface area contributed by atoms with Crippen molar-refractivity contribution in [1.29, 1.82) is 0 Å². The van der Waals surface area contributed by atoms with Gasteiger partial charge in [-0.3, -0.25) is 5.10 Å². The van der Waals surface area contributed by atoms with Gasteiger partial charge in [0.15, 0.2) is 0 Å². The fourth-order valence-corrected chi connectivity index (χ4v) is 6.03. The fraction of sp³-hybridized carbons (Fsp3) is 0.722. The molecule has 1 saturated carbocycles. The third kappa shape index (κ3) is 1.93. The molecule has 0 radical (unpaired) electrons. The van der Waals surface area contributed by atoms with Crippen LogP contribution in [0.15, 0.2) is 17.3 Å². The standard InChI is InChI=1S/C18H24N2O3/c21-10-3-8-1-2-11-13-4-9-7-19-20-15(9)6-14(13)17(22)18(23)16(11)12(8)5-10/h7,10-11,13-14,16-18,21-23H,1-6H2,(H,19,20). The number of hydrogen-bond donors (Lipinski definition) is 4. The van der Waals surface area contributed by atoms with Crippen molar-refractivity contribution in [3.63, 3.8) is 0 Å². The highest BCUT2D eigenvalue weighted by atomic mass is 16.3. The van der Waals surface area contributed by atoms with Gasteiger partial charge in [-0.15, -0.1) is 0 Å². The molecular weight excluding hydrogens is 292 g/mol. The van der Waals surface area contributed by atoms with Crippen molar-refractivity contribution >= 4 is 0 Å². The van der Waals surface area contributed by atoms with Gasteiger partial charge >= 0.3 is 0 Å². The molecule has 5 heteroatoms. The normalized spacial score (nSPS) is 45.3. The second-order valence-electron chi connectivity index (χ2n) is 8.01. The Hall–Kier alpha value is -1.17. The molecule has 5 rings (SSSR count). The van der Waals surface area contributed by atoms with E-state index in [0.717, 1.165) is 37.8 Å². The Morgan fingerprint density at radius 3 is 2.70 bits per heavy atom. The molecule has 0 aromatic carbocycles. The minimum Gasteiger partial charge on any atom is -0.392 e. The Morgan fingerprint density at radius 2 is 1.83 bits per heavy atom. The molecule has 0 spiro atoms. The molecule has 5 nitrogen and oxygen atoms in total. The summed E-state index contributed by atoms with van der Waals surface area (Å²) in [5, 5.41) is 38.9. The Balaban J connectivity index is 1.54. The van der Waals surface area contributed by atoms with E-state index >= 15 is 0 Å². The minimum absolute atomic E-state index is 0.0422. The highest BCUT2D eigenvalue weighted by molar-refractivity contribution is 5.32. The summed E-state index contributed by atoms with van der Waals surface area (Å²) < 4.78 is 0. The van der Waals surface area contributed by atoms with Crippen molar-refractivity contribution < 1.29 is 15.3 Å². The zero-order valence-corrected chi connectivity index (χ0v) is 13.2. The van der Waals surface area contributed by atoms with Gasteiger partial charge in [-0.25, -0.2) is 0 Å². The molecule has 1 heterocycles. The second-order valence-corrected chi connectivity index (χ2v) is 8.01. The maximum absolute atomic E-state index is 10.9. The number of nitrogens with one attached hydrogen (secondary N) is 1. The first kappa shape index (κ1) is 14.2. The van der Waals surface area contributed by atoms with Gasteiger partial charge in [-0.2, -0.15) is 5.10 Å². The van der Waals surface area contributed by atoms with Crippen LogP contribution < -0.4 is 0 Å². The summed E-state index contributed by atoms with van der Waals surface area (Å²) >= 11 is 0. The molecule has 0 bridgehead atoms. The zero-order valence-electron chi connectivity index (χ0n) is 13.2. The van der Waals surface area contributed by atoms with Gasteiger partial charge in [0.1, 0.15) is 0 Å². The minimum atomic E-state index is -0.693. The van der Waals surface area contributed by atoms with Crippen molar-refractivity contribution in [1.82, 2.24) is 10.2 Å². The Bertz CT molecular complexity index is 667. The van der Waals surface area contributed by atoms with Crippen LogP contribution in [0.3, 0.4) is 0 Å². The van der Waals surface area contributed by atoms with Crippen molar-refractivity contribution in [2.75, 3.05) is 0 Å². The fourth-order valence-electron chi connectivity index (χ4n) is 6.03. The van der Waals surface area contributed by atoms with Gasteiger partial charge in [-0.05, 0) is 61.8 Å². The second kappa shape index (κ2) is 4.91. The van der Waals surface area contributed by atoms with Crippen LogP contribution in [0.2, 0.25) is 0 Å². The molecule has 0 amide bonds. The molecule has 1 aromatic rings. The van der Waals surface area contributed by atoms with Crippen molar-refractivity contribution in [3.05, 3.63) is 28.6 Å². The summed E-state index contributed by atoms with van der Waals surface area (Å²) in [7, 11) is 0. The van der Waals surface area contributed by atoms with E-state index in [9.17, 15) is 15.3 Å². The van der Waals surface area contributed by atoms with Crippen LogP contribution in [0.5, 0.6) is 0 Å². The Kier molecular flexibility index (Phi) is 3.03. The number of aliphatic hydroxyl groups is 3. The maximum atomic E-state index is 10.9. The first-order valence-electron chi connectivity index (χ1n) is 8.89. The average molecular weight is 316 g/mol. The smallest absolute Gasteiger partial charge is 0.0870 e. The lowest BCUT2D eigenvalue weighted by atomic mass is 9.55. The first-order chi connectivity index (χ1) is 11.1. The van der Waals surface area contributed by atoms with E-state index in [1.54, 1.807) is 0 Å². The quantitative estimate of drug-likeness (QED) is 0.537. The molecule has 0 saturated heterocycles. The van der Waals surface area contributed by atoms with Crippen LogP contribution in [-0.4, -0.2) is 43.8 Å². The molecule has 7 unspecified atom stereocenters. The average Bonchev–Trinajstić information content (AvgIpc) is 3.14. The van der Waals surface area contributed by atoms with Gasteiger partial charge in [0.25, 0.3) is 0 Å². The monoisotopic (exact) mass is 316 g/mol. The number of nitrogens with zero attached hydrogens (tertiary/aromatic N) is 1. The van der Waals surface area contributed by atoms with E-state index < -0.39 is 12.2 Å². The van der Waals surface area contributed by atoms with Crippen LogP contribution >= 0.6 is 0 Å². The van der Waals surface area contributed by atoms with Gasteiger partial charge in [-0.1, -0.05) is 11.1 Å². The summed E-state index contributed by atoms with van der Waals surface area (Å²) in [6, 6.07) is 0. The molecule has 4 aliphatic carbocycles. The highest BCUT2D eigenvalue weighted by Gasteiger charge is 2.54. The Morgan fingerprint density at radius 1 is 0.957 bits per heavy atom. The summed E-state index contributed by atoms with van der Waals surface area (Å²) in [5.74, 6) is 0.995. The number of aliphatic hydroxyl groups excluding tert-OH is 3. The van der Waals surface area contributed by atoms with E-state index in [0.29, 0.717) is 18.3 Å². The van der Waals surface area contributed by atoms with Crippen molar-refractivity contribution in [2.24, 2.45) is 23.7 Å². The molecule has 0 aliphatic heterocycles. The molecule has 124 valence electrons. The predicted octanol–water partition coefficient (Wildman–Crippen LogP) is 0.954. The molecule has 23 heavy (non-hydrogen) atoms. The number of aromatic nitrogens is 2. The largest absolute Gasteiger partial charge is 0.392 e.